The van der Waals surface area contributed by atoms with Gasteiger partial charge in [-0.2, -0.15) is 18.4 Å². The van der Waals surface area contributed by atoms with E-state index < -0.39 is 11.8 Å². The van der Waals surface area contributed by atoms with E-state index in [0.29, 0.717) is 10.0 Å². The van der Waals surface area contributed by atoms with E-state index in [1.165, 1.54) is 30.5 Å². The first-order chi connectivity index (χ1) is 15.7. The molecule has 2 aliphatic heterocycles. The third-order valence-electron chi connectivity index (χ3n) is 5.26. The van der Waals surface area contributed by atoms with E-state index >= 15 is 0 Å². The lowest BCUT2D eigenvalue weighted by Gasteiger charge is -2.45. The van der Waals surface area contributed by atoms with Gasteiger partial charge in [0, 0.05) is 17.5 Å². The molecule has 0 radical (unpaired) electrons. The van der Waals surface area contributed by atoms with Crippen molar-refractivity contribution < 1.29 is 13.2 Å². The zero-order valence-corrected chi connectivity index (χ0v) is 19.5. The molecule has 0 N–H and O–H groups in total. The maximum atomic E-state index is 14.9. The number of nitrogens with zero attached hydrogens (tertiary/aromatic N) is 3. The fraction of sp³-hybridized carbons (Fsp3) is 0.167. The summed E-state index contributed by atoms with van der Waals surface area (Å²) < 4.78 is 44.6. The number of hydrogen-bond acceptors (Lipinski definition) is 4. The molecule has 9 heteroatoms. The molecule has 33 heavy (non-hydrogen) atoms. The number of allylic oxidation sites excluding steroid dienone is 3. The lowest BCUT2D eigenvalue weighted by Crippen LogP contribution is -2.55. The van der Waals surface area contributed by atoms with Crippen LogP contribution in [0.25, 0.3) is 0 Å². The summed E-state index contributed by atoms with van der Waals surface area (Å²) in [5.74, 6) is 0.259. The van der Waals surface area contributed by atoms with Crippen LogP contribution in [0, 0.1) is 18.3 Å². The Morgan fingerprint density at radius 2 is 1.82 bits per heavy atom. The molecule has 2 aromatic carbocycles. The Kier molecular flexibility index (Phi) is 6.37. The maximum Gasteiger partial charge on any atom is 0.437 e. The fourth-order valence-electron chi connectivity index (χ4n) is 3.64. The van der Waals surface area contributed by atoms with Crippen LogP contribution in [-0.4, -0.2) is 16.1 Å². The Balaban J connectivity index is 1.87. The van der Waals surface area contributed by atoms with Gasteiger partial charge < -0.3 is 4.90 Å². The second kappa shape index (κ2) is 8.94. The monoisotopic (exact) mass is 505 g/mol. The number of nitriles is 1. The highest BCUT2D eigenvalue weighted by Gasteiger charge is 2.62. The highest BCUT2D eigenvalue weighted by atomic mass is 35.5. The van der Waals surface area contributed by atoms with Gasteiger partial charge in [0.15, 0.2) is 0 Å². The van der Waals surface area contributed by atoms with Crippen LogP contribution in [0.3, 0.4) is 0 Å². The molecule has 1 atom stereocenters. The lowest BCUT2D eigenvalue weighted by molar-refractivity contribution is -0.222. The molecule has 0 saturated heterocycles. The van der Waals surface area contributed by atoms with Gasteiger partial charge in [0.2, 0.25) is 0 Å². The molecule has 0 aromatic heterocycles. The van der Waals surface area contributed by atoms with Gasteiger partial charge in [-0.1, -0.05) is 65.2 Å². The van der Waals surface area contributed by atoms with Gasteiger partial charge in [-0.3, -0.25) is 0 Å². The number of thioether (sulfide) groups is 1. The average Bonchev–Trinajstić information content (AvgIpc) is 2.79. The number of aryl methyl sites for hydroxylation is 1. The topological polar surface area (TPSA) is 39.4 Å². The molecule has 0 aliphatic carbocycles. The molecular formula is C24H16Cl2F3N3S. The number of rotatable bonds is 3. The Morgan fingerprint density at radius 1 is 1.09 bits per heavy atom. The van der Waals surface area contributed by atoms with Gasteiger partial charge in [-0.05, 0) is 36.8 Å². The van der Waals surface area contributed by atoms with E-state index in [2.05, 4.69) is 4.99 Å². The van der Waals surface area contributed by atoms with Gasteiger partial charge in [0.05, 0.1) is 15.7 Å². The SMILES string of the molecule is Cc1ccc([C@@]2(C(F)(F)F)N=C(SCc3ccc(Cl)c(Cl)c3)C(C#N)=C3C=CC=CN32)cc1. The van der Waals surface area contributed by atoms with Crippen molar-refractivity contribution in [2.45, 2.75) is 24.5 Å². The van der Waals surface area contributed by atoms with E-state index in [1.54, 1.807) is 43.3 Å². The van der Waals surface area contributed by atoms with Crippen molar-refractivity contribution in [3.05, 3.63) is 105 Å². The predicted molar refractivity (Wildman–Crippen MR) is 127 cm³/mol. The molecule has 2 heterocycles. The van der Waals surface area contributed by atoms with Crippen molar-refractivity contribution in [2.24, 2.45) is 4.99 Å². The van der Waals surface area contributed by atoms with Gasteiger partial charge in [0.1, 0.15) is 16.7 Å². The molecule has 0 saturated carbocycles. The van der Waals surface area contributed by atoms with Crippen LogP contribution >= 0.6 is 35.0 Å². The van der Waals surface area contributed by atoms with E-state index in [1.807, 2.05) is 6.07 Å². The summed E-state index contributed by atoms with van der Waals surface area (Å²) in [6.45, 7) is 1.80. The molecule has 0 bridgehead atoms. The van der Waals surface area contributed by atoms with Crippen LogP contribution in [0.2, 0.25) is 10.0 Å². The summed E-state index contributed by atoms with van der Waals surface area (Å²) in [5, 5.41) is 10.6. The van der Waals surface area contributed by atoms with E-state index in [-0.39, 0.29) is 27.6 Å². The highest BCUT2D eigenvalue weighted by Crippen LogP contribution is 2.51. The highest BCUT2D eigenvalue weighted by molar-refractivity contribution is 8.13. The Bertz CT molecular complexity index is 1260. The minimum absolute atomic E-state index is 0.00710. The first kappa shape index (κ1) is 23.5. The van der Waals surface area contributed by atoms with E-state index in [4.69, 9.17) is 23.2 Å². The molecule has 0 amide bonds. The van der Waals surface area contributed by atoms with Crippen molar-refractivity contribution in [1.82, 2.24) is 4.90 Å². The van der Waals surface area contributed by atoms with E-state index in [9.17, 15) is 18.4 Å². The van der Waals surface area contributed by atoms with Crippen LogP contribution in [0.5, 0.6) is 0 Å². The third-order valence-corrected chi connectivity index (χ3v) is 7.05. The van der Waals surface area contributed by atoms with Crippen LogP contribution in [0.15, 0.2) is 83.2 Å². The smallest absolute Gasteiger partial charge is 0.310 e. The number of halogens is 5. The van der Waals surface area contributed by atoms with Crippen molar-refractivity contribution in [1.29, 1.82) is 5.26 Å². The van der Waals surface area contributed by atoms with Crippen LogP contribution in [0.1, 0.15) is 16.7 Å². The molecule has 168 valence electrons. The minimum Gasteiger partial charge on any atom is -0.310 e. The maximum absolute atomic E-state index is 14.9. The van der Waals surface area contributed by atoms with Gasteiger partial charge in [-0.15, -0.1) is 11.8 Å². The van der Waals surface area contributed by atoms with Crippen molar-refractivity contribution >= 4 is 40.0 Å². The second-order valence-electron chi connectivity index (χ2n) is 7.43. The van der Waals surface area contributed by atoms with Crippen molar-refractivity contribution in [2.75, 3.05) is 0 Å². The summed E-state index contributed by atoms with van der Waals surface area (Å²) in [5.41, 5.74) is -0.959. The van der Waals surface area contributed by atoms with Crippen LogP contribution < -0.4 is 0 Å². The summed E-state index contributed by atoms with van der Waals surface area (Å²) in [4.78, 5) is 5.26. The standard InChI is InChI=1S/C24H16Cl2F3N3S/c1-15-5-8-17(9-6-15)23(24(27,28)29)31-22(18(13-30)21-4-2-3-11-32(21)23)33-14-16-7-10-19(25)20(26)12-16/h2-12H,14H2,1H3/t23-/m1/s1. The fourth-order valence-corrected chi connectivity index (χ4v) is 4.93. The summed E-state index contributed by atoms with van der Waals surface area (Å²) in [7, 11) is 0. The molecule has 2 aromatic rings. The number of fused-ring (bicyclic) bond motifs is 1. The summed E-state index contributed by atoms with van der Waals surface area (Å²) in [6.07, 6.45) is 1.13. The zero-order valence-electron chi connectivity index (χ0n) is 17.2. The summed E-state index contributed by atoms with van der Waals surface area (Å²) >= 11 is 13.1. The molecule has 0 fully saturated rings. The zero-order chi connectivity index (χ0) is 23.8. The largest absolute Gasteiger partial charge is 0.437 e. The molecule has 2 aliphatic rings. The molecular weight excluding hydrogens is 490 g/mol. The molecule has 0 spiro atoms. The molecule has 3 nitrogen and oxygen atoms in total. The van der Waals surface area contributed by atoms with E-state index in [0.717, 1.165) is 27.8 Å². The minimum atomic E-state index is -4.78. The molecule has 4 rings (SSSR count). The number of benzene rings is 2. The average molecular weight is 506 g/mol. The second-order valence-corrected chi connectivity index (χ2v) is 9.21. The van der Waals surface area contributed by atoms with Gasteiger partial charge >= 0.3 is 6.18 Å². The normalized spacial score (nSPS) is 19.9. The van der Waals surface area contributed by atoms with Gasteiger partial charge in [0.25, 0.3) is 5.66 Å². The molecule has 0 unspecified atom stereocenters. The lowest BCUT2D eigenvalue weighted by atomic mass is 9.92. The van der Waals surface area contributed by atoms with Crippen molar-refractivity contribution in [3.63, 3.8) is 0 Å². The van der Waals surface area contributed by atoms with Crippen molar-refractivity contribution in [3.8, 4) is 6.07 Å². The third kappa shape index (κ3) is 4.19. The van der Waals surface area contributed by atoms with Gasteiger partial charge in [-0.25, -0.2) is 4.99 Å². The Hall–Kier alpha value is -2.66. The number of aliphatic imine (C=N–C) groups is 1. The van der Waals surface area contributed by atoms with Crippen LogP contribution in [0.4, 0.5) is 13.2 Å². The summed E-state index contributed by atoms with van der Waals surface area (Å²) in [6, 6.07) is 13.1. The quantitative estimate of drug-likeness (QED) is 0.432. The number of hydrogen-bond donors (Lipinski definition) is 0. The van der Waals surface area contributed by atoms with Crippen LogP contribution in [-0.2, 0) is 11.4 Å². The number of alkyl halides is 3. The first-order valence-electron chi connectivity index (χ1n) is 9.77. The Morgan fingerprint density at radius 3 is 2.45 bits per heavy atom. The predicted octanol–water partition coefficient (Wildman–Crippen LogP) is 7.53. The first-order valence-corrected chi connectivity index (χ1v) is 11.5. The Labute approximate surface area is 203 Å².